The molecular formula is C16H20F2N2O2. The van der Waals surface area contributed by atoms with Crippen molar-refractivity contribution >= 4 is 11.6 Å². The molecule has 1 unspecified atom stereocenters. The molecule has 0 radical (unpaired) electrons. The highest BCUT2D eigenvalue weighted by atomic mass is 19.3. The Hall–Kier alpha value is -1.69. The van der Waals surface area contributed by atoms with Crippen LogP contribution in [0.3, 0.4) is 0 Å². The van der Waals surface area contributed by atoms with Gasteiger partial charge < -0.3 is 10.1 Å². The first kappa shape index (κ1) is 15.2. The Morgan fingerprint density at radius 3 is 2.50 bits per heavy atom. The first-order chi connectivity index (χ1) is 10.5. The first-order valence-corrected chi connectivity index (χ1v) is 7.71. The number of alkyl halides is 2. The minimum atomic E-state index is -2.80. The van der Waals surface area contributed by atoms with Crippen LogP contribution in [0.4, 0.5) is 14.5 Å². The third-order valence-electron chi connectivity index (χ3n) is 4.15. The van der Waals surface area contributed by atoms with Crippen LogP contribution < -0.4 is 15.4 Å². The summed E-state index contributed by atoms with van der Waals surface area (Å²) in [6.07, 6.45) is 4.41. The van der Waals surface area contributed by atoms with Crippen LogP contribution in [0.2, 0.25) is 0 Å². The van der Waals surface area contributed by atoms with Gasteiger partial charge in [-0.15, -0.1) is 0 Å². The molecule has 0 aromatic heterocycles. The number of anilines is 1. The van der Waals surface area contributed by atoms with Crippen LogP contribution in [0.5, 0.6) is 5.75 Å². The normalized spacial score (nSPS) is 24.4. The summed E-state index contributed by atoms with van der Waals surface area (Å²) in [6, 6.07) is 6.21. The van der Waals surface area contributed by atoms with Crippen molar-refractivity contribution in [3.8, 4) is 5.75 Å². The lowest BCUT2D eigenvalue weighted by atomic mass is 10.2. The summed E-state index contributed by atoms with van der Waals surface area (Å²) in [6.45, 7) is -0.445. The van der Waals surface area contributed by atoms with Gasteiger partial charge in [0, 0.05) is 12.1 Å². The van der Waals surface area contributed by atoms with Crippen LogP contribution in [-0.4, -0.2) is 30.5 Å². The zero-order valence-electron chi connectivity index (χ0n) is 12.3. The molecule has 120 valence electrons. The van der Waals surface area contributed by atoms with Gasteiger partial charge in [0.05, 0.1) is 18.7 Å². The fourth-order valence-electron chi connectivity index (χ4n) is 2.95. The van der Waals surface area contributed by atoms with Crippen molar-refractivity contribution in [1.29, 1.82) is 0 Å². The summed E-state index contributed by atoms with van der Waals surface area (Å²) in [5, 5.41) is 5.19. The highest BCUT2D eigenvalue weighted by Gasteiger charge is 2.42. The molecular weight excluding hydrogens is 290 g/mol. The first-order valence-electron chi connectivity index (χ1n) is 7.71. The summed E-state index contributed by atoms with van der Waals surface area (Å²) < 4.78 is 32.0. The number of ether oxygens (including phenoxy) is 1. The van der Waals surface area contributed by atoms with Gasteiger partial charge in [-0.2, -0.15) is 0 Å². The Balaban J connectivity index is 1.53. The lowest BCUT2D eigenvalue weighted by Gasteiger charge is -2.14. The fourth-order valence-corrected chi connectivity index (χ4v) is 2.95. The summed E-state index contributed by atoms with van der Waals surface area (Å²) in [5.74, 6) is -2.46. The molecule has 2 fully saturated rings. The number of carbonyl (C=O) groups excluding carboxylic acids is 1. The topological polar surface area (TPSA) is 50.4 Å². The molecule has 3 rings (SSSR count). The average molecular weight is 310 g/mol. The lowest BCUT2D eigenvalue weighted by Crippen LogP contribution is -2.35. The van der Waals surface area contributed by atoms with Crippen molar-refractivity contribution in [3.05, 3.63) is 24.3 Å². The van der Waals surface area contributed by atoms with Crippen molar-refractivity contribution in [2.24, 2.45) is 0 Å². The molecule has 1 saturated carbocycles. The minimum absolute atomic E-state index is 0.283. The van der Waals surface area contributed by atoms with E-state index in [1.165, 1.54) is 12.8 Å². The monoisotopic (exact) mass is 310 g/mol. The molecule has 0 spiro atoms. The molecule has 4 nitrogen and oxygen atoms in total. The maximum Gasteiger partial charge on any atom is 0.262 e. The maximum absolute atomic E-state index is 13.1. The van der Waals surface area contributed by atoms with E-state index in [0.29, 0.717) is 5.69 Å². The largest absolute Gasteiger partial charge is 0.490 e. The van der Waals surface area contributed by atoms with E-state index in [2.05, 4.69) is 10.6 Å². The number of amides is 1. The lowest BCUT2D eigenvalue weighted by molar-refractivity contribution is -0.118. The van der Waals surface area contributed by atoms with Gasteiger partial charge in [-0.3, -0.25) is 10.1 Å². The summed E-state index contributed by atoms with van der Waals surface area (Å²) in [5.41, 5.74) is 0.584. The van der Waals surface area contributed by atoms with Crippen molar-refractivity contribution in [2.75, 3.05) is 11.9 Å². The average Bonchev–Trinajstić information content (AvgIpc) is 3.10. The molecule has 1 aromatic rings. The Morgan fingerprint density at radius 1 is 1.23 bits per heavy atom. The molecule has 0 bridgehead atoms. The van der Waals surface area contributed by atoms with E-state index < -0.39 is 30.8 Å². The number of carbonyl (C=O) groups is 1. The highest BCUT2D eigenvalue weighted by molar-refractivity contribution is 5.95. The Kier molecular flexibility index (Phi) is 4.29. The standard InChI is InChI=1S/C16H20F2N2O2/c17-16(18)9-14(19-10-16)15(21)20-11-5-7-13(8-6-11)22-12-3-1-2-4-12/h5-8,12,14,19H,1-4,9-10H2,(H,20,21). The zero-order chi connectivity index (χ0) is 15.6. The van der Waals surface area contributed by atoms with Gasteiger partial charge in [0.15, 0.2) is 0 Å². The molecule has 1 aromatic carbocycles. The van der Waals surface area contributed by atoms with E-state index in [1.54, 1.807) is 24.3 Å². The third kappa shape index (κ3) is 3.74. The number of benzene rings is 1. The van der Waals surface area contributed by atoms with Gasteiger partial charge in [-0.1, -0.05) is 0 Å². The van der Waals surface area contributed by atoms with Crippen molar-refractivity contribution in [3.63, 3.8) is 0 Å². The smallest absolute Gasteiger partial charge is 0.262 e. The molecule has 22 heavy (non-hydrogen) atoms. The van der Waals surface area contributed by atoms with E-state index in [0.717, 1.165) is 18.6 Å². The van der Waals surface area contributed by atoms with Crippen LogP contribution >= 0.6 is 0 Å². The van der Waals surface area contributed by atoms with Gasteiger partial charge >= 0.3 is 0 Å². The van der Waals surface area contributed by atoms with E-state index in [4.69, 9.17) is 4.74 Å². The number of hydrogen-bond acceptors (Lipinski definition) is 3. The molecule has 2 N–H and O–H groups in total. The molecule has 1 aliphatic heterocycles. The fraction of sp³-hybridized carbons (Fsp3) is 0.562. The second-order valence-corrected chi connectivity index (χ2v) is 6.03. The van der Waals surface area contributed by atoms with Gasteiger partial charge in [-0.05, 0) is 49.9 Å². The Morgan fingerprint density at radius 2 is 1.91 bits per heavy atom. The quantitative estimate of drug-likeness (QED) is 0.899. The van der Waals surface area contributed by atoms with Crippen molar-refractivity contribution in [2.45, 2.75) is 50.2 Å². The summed E-state index contributed by atoms with van der Waals surface area (Å²) in [7, 11) is 0. The number of halogens is 2. The molecule has 6 heteroatoms. The van der Waals surface area contributed by atoms with E-state index >= 15 is 0 Å². The van der Waals surface area contributed by atoms with Gasteiger partial charge in [-0.25, -0.2) is 8.78 Å². The molecule has 2 aliphatic rings. The molecule has 1 aliphatic carbocycles. The van der Waals surface area contributed by atoms with Crippen LogP contribution in [0.15, 0.2) is 24.3 Å². The zero-order valence-corrected chi connectivity index (χ0v) is 12.3. The van der Waals surface area contributed by atoms with Crippen LogP contribution in [0.25, 0.3) is 0 Å². The molecule has 1 amide bonds. The predicted molar refractivity (Wildman–Crippen MR) is 79.3 cm³/mol. The van der Waals surface area contributed by atoms with E-state index in [1.807, 2.05) is 0 Å². The Bertz CT molecular complexity index is 527. The Labute approximate surface area is 128 Å². The highest BCUT2D eigenvalue weighted by Crippen LogP contribution is 2.27. The van der Waals surface area contributed by atoms with Crippen molar-refractivity contribution in [1.82, 2.24) is 5.32 Å². The van der Waals surface area contributed by atoms with E-state index in [9.17, 15) is 13.6 Å². The number of nitrogens with one attached hydrogen (secondary N) is 2. The minimum Gasteiger partial charge on any atom is -0.490 e. The maximum atomic E-state index is 13.1. The summed E-state index contributed by atoms with van der Waals surface area (Å²) in [4.78, 5) is 11.9. The van der Waals surface area contributed by atoms with Gasteiger partial charge in [0.25, 0.3) is 5.92 Å². The van der Waals surface area contributed by atoms with Crippen LogP contribution in [-0.2, 0) is 4.79 Å². The van der Waals surface area contributed by atoms with Crippen LogP contribution in [0, 0.1) is 0 Å². The molecule has 1 heterocycles. The second-order valence-electron chi connectivity index (χ2n) is 6.03. The van der Waals surface area contributed by atoms with Crippen LogP contribution in [0.1, 0.15) is 32.1 Å². The number of hydrogen-bond donors (Lipinski definition) is 2. The third-order valence-corrected chi connectivity index (χ3v) is 4.15. The molecule has 1 saturated heterocycles. The van der Waals surface area contributed by atoms with Gasteiger partial charge in [0.1, 0.15) is 5.75 Å². The summed E-state index contributed by atoms with van der Waals surface area (Å²) >= 11 is 0. The second kappa shape index (κ2) is 6.20. The molecule has 1 atom stereocenters. The van der Waals surface area contributed by atoms with Crippen molar-refractivity contribution < 1.29 is 18.3 Å². The van der Waals surface area contributed by atoms with E-state index in [-0.39, 0.29) is 6.10 Å². The predicted octanol–water partition coefficient (Wildman–Crippen LogP) is 2.94. The SMILES string of the molecule is O=C(Nc1ccc(OC2CCCC2)cc1)C1CC(F)(F)CN1. The van der Waals surface area contributed by atoms with Gasteiger partial charge in [0.2, 0.25) is 5.91 Å². The number of rotatable bonds is 4.